The van der Waals surface area contributed by atoms with Crippen LogP contribution in [0, 0.1) is 0 Å². The molecule has 2 N–H and O–H groups in total. The third-order valence-corrected chi connectivity index (χ3v) is 4.98. The number of nitrogens with one attached hydrogen (secondary N) is 2. The molecule has 1 heterocycles. The summed E-state index contributed by atoms with van der Waals surface area (Å²) in [6, 6.07) is 5.31. The van der Waals surface area contributed by atoms with Gasteiger partial charge in [0.2, 0.25) is 10.0 Å². The van der Waals surface area contributed by atoms with Crippen LogP contribution in [0.25, 0.3) is 0 Å². The SMILES string of the molecule is CNC(=O)COC(=O)c1ccc(S(=O)(=O)NC[C@@H]2CCCO2)cc1. The minimum absolute atomic E-state index is 0.0448. The Morgan fingerprint density at radius 3 is 2.58 bits per heavy atom. The molecule has 2 rings (SSSR count). The van der Waals surface area contributed by atoms with Crippen LogP contribution in [0.2, 0.25) is 0 Å². The van der Waals surface area contributed by atoms with E-state index in [9.17, 15) is 18.0 Å². The summed E-state index contributed by atoms with van der Waals surface area (Å²) in [6.45, 7) is 0.482. The largest absolute Gasteiger partial charge is 0.452 e. The molecule has 0 aromatic heterocycles. The second-order valence-electron chi connectivity index (χ2n) is 5.26. The van der Waals surface area contributed by atoms with Gasteiger partial charge in [0.25, 0.3) is 5.91 Å². The fraction of sp³-hybridized carbons (Fsp3) is 0.467. The van der Waals surface area contributed by atoms with Crippen LogP contribution in [0.15, 0.2) is 29.2 Å². The predicted octanol–water partition coefficient (Wildman–Crippen LogP) is 0.0467. The second kappa shape index (κ2) is 8.22. The number of amides is 1. The summed E-state index contributed by atoms with van der Waals surface area (Å²) < 4.78 is 37.0. The number of likely N-dealkylation sites (N-methyl/N-ethyl adjacent to an activating group) is 1. The number of carbonyl (C=O) groups is 2. The smallest absolute Gasteiger partial charge is 0.338 e. The first kappa shape index (κ1) is 18.4. The van der Waals surface area contributed by atoms with E-state index in [2.05, 4.69) is 10.0 Å². The van der Waals surface area contributed by atoms with Gasteiger partial charge in [-0.25, -0.2) is 17.9 Å². The fourth-order valence-electron chi connectivity index (χ4n) is 2.15. The summed E-state index contributed by atoms with van der Waals surface area (Å²) in [6.07, 6.45) is 1.66. The summed E-state index contributed by atoms with van der Waals surface area (Å²) >= 11 is 0. The zero-order valence-electron chi connectivity index (χ0n) is 13.3. The average Bonchev–Trinajstić information content (AvgIpc) is 3.11. The molecule has 0 spiro atoms. The van der Waals surface area contributed by atoms with Gasteiger partial charge >= 0.3 is 5.97 Å². The minimum Gasteiger partial charge on any atom is -0.452 e. The lowest BCUT2D eigenvalue weighted by Crippen LogP contribution is -2.31. The van der Waals surface area contributed by atoms with E-state index in [4.69, 9.17) is 9.47 Å². The molecule has 1 amide bonds. The van der Waals surface area contributed by atoms with Gasteiger partial charge < -0.3 is 14.8 Å². The molecule has 1 aromatic rings. The van der Waals surface area contributed by atoms with Crippen LogP contribution in [-0.4, -0.2) is 53.2 Å². The summed E-state index contributed by atoms with van der Waals surface area (Å²) in [7, 11) is -2.24. The summed E-state index contributed by atoms with van der Waals surface area (Å²) in [5.74, 6) is -1.13. The van der Waals surface area contributed by atoms with Gasteiger partial charge in [-0.1, -0.05) is 0 Å². The molecule has 1 aliphatic rings. The molecule has 24 heavy (non-hydrogen) atoms. The molecular weight excluding hydrogens is 336 g/mol. The molecule has 1 aliphatic heterocycles. The number of ether oxygens (including phenoxy) is 2. The van der Waals surface area contributed by atoms with Gasteiger partial charge in [0.1, 0.15) is 0 Å². The summed E-state index contributed by atoms with van der Waals surface area (Å²) in [5.41, 5.74) is 0.164. The highest BCUT2D eigenvalue weighted by molar-refractivity contribution is 7.89. The molecular formula is C15H20N2O6S. The Bertz CT molecular complexity index is 680. The van der Waals surface area contributed by atoms with Gasteiger partial charge in [-0.2, -0.15) is 0 Å². The maximum Gasteiger partial charge on any atom is 0.338 e. The third-order valence-electron chi connectivity index (χ3n) is 3.54. The molecule has 8 nitrogen and oxygen atoms in total. The lowest BCUT2D eigenvalue weighted by molar-refractivity contribution is -0.123. The van der Waals surface area contributed by atoms with E-state index in [1.807, 2.05) is 0 Å². The highest BCUT2D eigenvalue weighted by atomic mass is 32.2. The van der Waals surface area contributed by atoms with Crippen molar-refractivity contribution in [1.29, 1.82) is 0 Å². The average molecular weight is 356 g/mol. The van der Waals surface area contributed by atoms with Crippen LogP contribution in [-0.2, 0) is 24.3 Å². The number of esters is 1. The van der Waals surface area contributed by atoms with Crippen LogP contribution in [0.3, 0.4) is 0 Å². The summed E-state index contributed by atoms with van der Waals surface area (Å²) in [4.78, 5) is 22.8. The van der Waals surface area contributed by atoms with Crippen molar-refractivity contribution in [2.75, 3.05) is 26.8 Å². The van der Waals surface area contributed by atoms with Crippen LogP contribution >= 0.6 is 0 Å². The van der Waals surface area contributed by atoms with E-state index in [1.165, 1.54) is 31.3 Å². The fourth-order valence-corrected chi connectivity index (χ4v) is 3.21. The Hall–Kier alpha value is -1.97. The molecule has 0 unspecified atom stereocenters. The van der Waals surface area contributed by atoms with Crippen molar-refractivity contribution < 1.29 is 27.5 Å². The van der Waals surface area contributed by atoms with Crippen LogP contribution in [0.4, 0.5) is 0 Å². The Morgan fingerprint density at radius 1 is 1.29 bits per heavy atom. The number of rotatable bonds is 7. The zero-order valence-corrected chi connectivity index (χ0v) is 14.1. The Labute approximate surface area is 140 Å². The Morgan fingerprint density at radius 2 is 2.00 bits per heavy atom. The van der Waals surface area contributed by atoms with Crippen LogP contribution in [0.5, 0.6) is 0 Å². The van der Waals surface area contributed by atoms with Crippen molar-refractivity contribution in [3.8, 4) is 0 Å². The van der Waals surface area contributed by atoms with Gasteiger partial charge in [0.05, 0.1) is 16.6 Å². The maximum atomic E-state index is 12.2. The highest BCUT2D eigenvalue weighted by Gasteiger charge is 2.20. The molecule has 0 aliphatic carbocycles. The van der Waals surface area contributed by atoms with E-state index in [1.54, 1.807) is 0 Å². The van der Waals surface area contributed by atoms with Crippen LogP contribution in [0.1, 0.15) is 23.2 Å². The zero-order chi connectivity index (χ0) is 17.6. The van der Waals surface area contributed by atoms with Crippen LogP contribution < -0.4 is 10.0 Å². The first-order valence-corrected chi connectivity index (χ1v) is 9.00. The van der Waals surface area contributed by atoms with Gasteiger partial charge in [-0.15, -0.1) is 0 Å². The van der Waals surface area contributed by atoms with Crippen molar-refractivity contribution in [1.82, 2.24) is 10.0 Å². The number of sulfonamides is 1. The standard InChI is InChI=1S/C15H20N2O6S/c1-16-14(18)10-23-15(19)11-4-6-13(7-5-11)24(20,21)17-9-12-3-2-8-22-12/h4-7,12,17H,2-3,8-10H2,1H3,(H,16,18)/t12-/m0/s1. The van der Waals surface area contributed by atoms with Crippen molar-refractivity contribution in [3.05, 3.63) is 29.8 Å². The van der Waals surface area contributed by atoms with Crippen molar-refractivity contribution in [2.24, 2.45) is 0 Å². The van der Waals surface area contributed by atoms with Crippen molar-refractivity contribution in [3.63, 3.8) is 0 Å². The van der Waals surface area contributed by atoms with E-state index in [0.29, 0.717) is 6.61 Å². The van der Waals surface area contributed by atoms with Gasteiger partial charge in [0.15, 0.2) is 6.61 Å². The normalized spacial score (nSPS) is 17.5. The van der Waals surface area contributed by atoms with Crippen molar-refractivity contribution >= 4 is 21.9 Å². The van der Waals surface area contributed by atoms with E-state index < -0.39 is 28.5 Å². The molecule has 132 valence electrons. The number of carbonyl (C=O) groups excluding carboxylic acids is 2. The lowest BCUT2D eigenvalue weighted by Gasteiger charge is -2.11. The van der Waals surface area contributed by atoms with E-state index in [0.717, 1.165) is 12.8 Å². The molecule has 1 aromatic carbocycles. The topological polar surface area (TPSA) is 111 Å². The molecule has 0 radical (unpaired) electrons. The molecule has 1 saturated heterocycles. The number of hydrogen-bond acceptors (Lipinski definition) is 6. The van der Waals surface area contributed by atoms with E-state index >= 15 is 0 Å². The summed E-state index contributed by atoms with van der Waals surface area (Å²) in [5, 5.41) is 2.32. The van der Waals surface area contributed by atoms with Gasteiger partial charge in [0, 0.05) is 20.2 Å². The predicted molar refractivity (Wildman–Crippen MR) is 85.0 cm³/mol. The first-order valence-electron chi connectivity index (χ1n) is 7.51. The molecule has 0 bridgehead atoms. The van der Waals surface area contributed by atoms with Gasteiger partial charge in [-0.05, 0) is 37.1 Å². The number of hydrogen-bond donors (Lipinski definition) is 2. The number of benzene rings is 1. The lowest BCUT2D eigenvalue weighted by atomic mass is 10.2. The van der Waals surface area contributed by atoms with E-state index in [-0.39, 0.29) is 23.1 Å². The molecule has 9 heteroatoms. The minimum atomic E-state index is -3.67. The molecule has 1 atom stereocenters. The van der Waals surface area contributed by atoms with Gasteiger partial charge in [-0.3, -0.25) is 4.79 Å². The highest BCUT2D eigenvalue weighted by Crippen LogP contribution is 2.14. The molecule has 1 fully saturated rings. The Balaban J connectivity index is 1.94. The second-order valence-corrected chi connectivity index (χ2v) is 7.03. The quantitative estimate of drug-likeness (QED) is 0.668. The monoisotopic (exact) mass is 356 g/mol. The maximum absolute atomic E-state index is 12.2. The molecule has 0 saturated carbocycles. The van der Waals surface area contributed by atoms with Crippen molar-refractivity contribution in [2.45, 2.75) is 23.8 Å². The Kier molecular flexibility index (Phi) is 6.29. The first-order chi connectivity index (χ1) is 11.4. The third kappa shape index (κ3) is 5.02.